The highest BCUT2D eigenvalue weighted by atomic mass is 32.1. The maximum absolute atomic E-state index is 12.3. The molecule has 2 heterocycles. The molecule has 0 radical (unpaired) electrons. The van der Waals surface area contributed by atoms with E-state index in [0.717, 1.165) is 4.88 Å². The summed E-state index contributed by atoms with van der Waals surface area (Å²) in [6.07, 6.45) is -4.82. The molecule has 0 aliphatic carbocycles. The van der Waals surface area contributed by atoms with Gasteiger partial charge in [-0.15, -0.1) is 21.5 Å². The molecular formula is C12H11F3N4O2S2. The minimum atomic E-state index is -4.59. The van der Waals surface area contributed by atoms with Crippen molar-refractivity contribution in [1.29, 1.82) is 0 Å². The Bertz CT molecular complexity index is 670. The SMILES string of the molecule is O=C(CCC(=O)Nc1nnc(C(F)(F)F)s1)NCc1cccs1. The number of hydrogen-bond donors (Lipinski definition) is 2. The third-order valence-electron chi connectivity index (χ3n) is 2.53. The van der Waals surface area contributed by atoms with E-state index in [1.54, 1.807) is 0 Å². The first kappa shape index (κ1) is 17.3. The normalized spacial score (nSPS) is 11.3. The van der Waals surface area contributed by atoms with Crippen LogP contribution in [0.25, 0.3) is 0 Å². The van der Waals surface area contributed by atoms with Crippen molar-refractivity contribution < 1.29 is 22.8 Å². The van der Waals surface area contributed by atoms with Crippen molar-refractivity contribution in [3.63, 3.8) is 0 Å². The monoisotopic (exact) mass is 364 g/mol. The van der Waals surface area contributed by atoms with Crippen molar-refractivity contribution >= 4 is 39.6 Å². The minimum Gasteiger partial charge on any atom is -0.351 e. The Morgan fingerprint density at radius 2 is 1.91 bits per heavy atom. The largest absolute Gasteiger partial charge is 0.445 e. The average molecular weight is 364 g/mol. The van der Waals surface area contributed by atoms with Crippen LogP contribution in [-0.4, -0.2) is 22.0 Å². The number of hydrogen-bond acceptors (Lipinski definition) is 6. The van der Waals surface area contributed by atoms with Crippen molar-refractivity contribution in [2.75, 3.05) is 5.32 Å². The second-order valence-corrected chi connectivity index (χ2v) is 6.32. The van der Waals surface area contributed by atoms with Crippen LogP contribution in [0.15, 0.2) is 17.5 Å². The molecular weight excluding hydrogens is 353 g/mol. The lowest BCUT2D eigenvalue weighted by Crippen LogP contribution is -2.24. The summed E-state index contributed by atoms with van der Waals surface area (Å²) < 4.78 is 37.0. The highest BCUT2D eigenvalue weighted by molar-refractivity contribution is 7.15. The van der Waals surface area contributed by atoms with Gasteiger partial charge < -0.3 is 10.6 Å². The first-order chi connectivity index (χ1) is 10.8. The average Bonchev–Trinajstić information content (AvgIpc) is 3.13. The molecule has 2 amide bonds. The van der Waals surface area contributed by atoms with Crippen LogP contribution in [-0.2, 0) is 22.3 Å². The summed E-state index contributed by atoms with van der Waals surface area (Å²) in [5.74, 6) is -0.914. The number of thiophene rings is 1. The highest BCUT2D eigenvalue weighted by Gasteiger charge is 2.35. The number of aromatic nitrogens is 2. The first-order valence-corrected chi connectivity index (χ1v) is 8.04. The molecule has 0 atom stereocenters. The molecule has 11 heteroatoms. The zero-order chi connectivity index (χ0) is 16.9. The van der Waals surface area contributed by atoms with Gasteiger partial charge >= 0.3 is 6.18 Å². The van der Waals surface area contributed by atoms with Gasteiger partial charge in [0.05, 0.1) is 6.54 Å². The lowest BCUT2D eigenvalue weighted by Gasteiger charge is -2.03. The second-order valence-electron chi connectivity index (χ2n) is 4.31. The van der Waals surface area contributed by atoms with Crippen molar-refractivity contribution in [3.05, 3.63) is 27.4 Å². The number of anilines is 1. The molecule has 23 heavy (non-hydrogen) atoms. The Labute approximate surface area is 136 Å². The van der Waals surface area contributed by atoms with Gasteiger partial charge in [-0.1, -0.05) is 17.4 Å². The minimum absolute atomic E-state index is 0.0673. The Hall–Kier alpha value is -2.01. The summed E-state index contributed by atoms with van der Waals surface area (Å²) in [5.41, 5.74) is 0. The lowest BCUT2D eigenvalue weighted by molar-refractivity contribution is -0.138. The number of amides is 2. The molecule has 2 aromatic heterocycles. The van der Waals surface area contributed by atoms with Crippen molar-refractivity contribution in [2.45, 2.75) is 25.6 Å². The summed E-state index contributed by atoms with van der Waals surface area (Å²) in [7, 11) is 0. The maximum Gasteiger partial charge on any atom is 0.445 e. The van der Waals surface area contributed by atoms with E-state index >= 15 is 0 Å². The van der Waals surface area contributed by atoms with E-state index in [0.29, 0.717) is 6.54 Å². The van der Waals surface area contributed by atoms with E-state index in [2.05, 4.69) is 20.8 Å². The van der Waals surface area contributed by atoms with Gasteiger partial charge in [-0.05, 0) is 11.4 Å². The quantitative estimate of drug-likeness (QED) is 0.825. The number of carbonyl (C=O) groups excluding carboxylic acids is 2. The molecule has 0 aromatic carbocycles. The fraction of sp³-hybridized carbons (Fsp3) is 0.333. The predicted molar refractivity (Wildman–Crippen MR) is 78.9 cm³/mol. The van der Waals surface area contributed by atoms with Crippen LogP contribution in [0, 0.1) is 0 Å². The highest BCUT2D eigenvalue weighted by Crippen LogP contribution is 2.32. The Balaban J connectivity index is 1.72. The summed E-state index contributed by atoms with van der Waals surface area (Å²) in [6.45, 7) is 0.378. The van der Waals surface area contributed by atoms with E-state index in [4.69, 9.17) is 0 Å². The van der Waals surface area contributed by atoms with Gasteiger partial charge in [0, 0.05) is 17.7 Å². The van der Waals surface area contributed by atoms with E-state index in [1.165, 1.54) is 11.3 Å². The second kappa shape index (κ2) is 7.51. The number of nitrogens with zero attached hydrogens (tertiary/aromatic N) is 2. The van der Waals surface area contributed by atoms with Crippen molar-refractivity contribution in [1.82, 2.24) is 15.5 Å². The zero-order valence-electron chi connectivity index (χ0n) is 11.5. The fourth-order valence-corrected chi connectivity index (χ4v) is 2.76. The molecule has 0 spiro atoms. The number of rotatable bonds is 6. The molecule has 0 unspecified atom stereocenters. The standard InChI is InChI=1S/C12H11F3N4O2S2/c13-12(14,15)10-18-19-11(23-10)17-9(21)4-3-8(20)16-6-7-2-1-5-22-7/h1-2,5H,3-4,6H2,(H,16,20)(H,17,19,21). The number of nitrogens with one attached hydrogen (secondary N) is 2. The van der Waals surface area contributed by atoms with Gasteiger partial charge in [-0.2, -0.15) is 13.2 Å². The van der Waals surface area contributed by atoms with Gasteiger partial charge in [0.2, 0.25) is 22.0 Å². The van der Waals surface area contributed by atoms with Crippen LogP contribution < -0.4 is 10.6 Å². The van der Waals surface area contributed by atoms with Crippen LogP contribution in [0.1, 0.15) is 22.7 Å². The maximum atomic E-state index is 12.3. The third kappa shape index (κ3) is 5.60. The van der Waals surface area contributed by atoms with Crippen molar-refractivity contribution in [3.8, 4) is 0 Å². The topological polar surface area (TPSA) is 84.0 Å². The number of halogens is 3. The number of alkyl halides is 3. The van der Waals surface area contributed by atoms with Crippen LogP contribution in [0.5, 0.6) is 0 Å². The predicted octanol–water partition coefficient (Wildman–Crippen LogP) is 2.65. The van der Waals surface area contributed by atoms with Gasteiger partial charge in [0.25, 0.3) is 0 Å². The molecule has 0 fully saturated rings. The third-order valence-corrected chi connectivity index (χ3v) is 4.29. The summed E-state index contributed by atoms with van der Waals surface area (Å²) >= 11 is 1.73. The zero-order valence-corrected chi connectivity index (χ0v) is 13.1. The summed E-state index contributed by atoms with van der Waals surface area (Å²) in [4.78, 5) is 24.1. The molecule has 2 rings (SSSR count). The molecule has 2 N–H and O–H groups in total. The summed E-state index contributed by atoms with van der Waals surface area (Å²) in [5, 5.41) is 11.5. The van der Waals surface area contributed by atoms with Gasteiger partial charge in [0.15, 0.2) is 0 Å². The number of carbonyl (C=O) groups is 2. The fourth-order valence-electron chi connectivity index (χ4n) is 1.48. The summed E-state index contributed by atoms with van der Waals surface area (Å²) in [6, 6.07) is 3.72. The van der Waals surface area contributed by atoms with Crippen LogP contribution >= 0.6 is 22.7 Å². The van der Waals surface area contributed by atoms with Gasteiger partial charge in [0.1, 0.15) is 0 Å². The Morgan fingerprint density at radius 3 is 2.52 bits per heavy atom. The smallest absolute Gasteiger partial charge is 0.351 e. The molecule has 0 bridgehead atoms. The van der Waals surface area contributed by atoms with Gasteiger partial charge in [-0.25, -0.2) is 0 Å². The molecule has 0 saturated carbocycles. The van der Waals surface area contributed by atoms with E-state index in [-0.39, 0.29) is 35.2 Å². The Morgan fingerprint density at radius 1 is 1.17 bits per heavy atom. The molecule has 124 valence electrons. The molecule has 0 aliphatic rings. The van der Waals surface area contributed by atoms with Crippen LogP contribution in [0.3, 0.4) is 0 Å². The van der Waals surface area contributed by atoms with Gasteiger partial charge in [-0.3, -0.25) is 9.59 Å². The lowest BCUT2D eigenvalue weighted by atomic mass is 10.3. The van der Waals surface area contributed by atoms with E-state index in [1.807, 2.05) is 17.5 Å². The first-order valence-electron chi connectivity index (χ1n) is 6.34. The van der Waals surface area contributed by atoms with Crippen LogP contribution in [0.4, 0.5) is 18.3 Å². The van der Waals surface area contributed by atoms with E-state index < -0.39 is 17.1 Å². The molecule has 0 saturated heterocycles. The molecule has 2 aromatic rings. The van der Waals surface area contributed by atoms with Crippen LogP contribution in [0.2, 0.25) is 0 Å². The molecule has 0 aliphatic heterocycles. The molecule has 6 nitrogen and oxygen atoms in total. The van der Waals surface area contributed by atoms with Crippen molar-refractivity contribution in [2.24, 2.45) is 0 Å². The van der Waals surface area contributed by atoms with E-state index in [9.17, 15) is 22.8 Å². The Kier molecular flexibility index (Phi) is 5.66.